The largest absolute Gasteiger partial charge is 0.481 e. The van der Waals surface area contributed by atoms with Crippen LogP contribution >= 0.6 is 0 Å². The van der Waals surface area contributed by atoms with Gasteiger partial charge in [-0.25, -0.2) is 0 Å². The van der Waals surface area contributed by atoms with Gasteiger partial charge >= 0.3 is 5.97 Å². The van der Waals surface area contributed by atoms with E-state index in [1.165, 1.54) is 5.56 Å². The second kappa shape index (κ2) is 4.45. The Hall–Kier alpha value is -1.35. The van der Waals surface area contributed by atoms with Crippen molar-refractivity contribution in [2.75, 3.05) is 0 Å². The van der Waals surface area contributed by atoms with Crippen LogP contribution in [0.4, 0.5) is 0 Å². The lowest BCUT2D eigenvalue weighted by molar-refractivity contribution is -0.137. The summed E-state index contributed by atoms with van der Waals surface area (Å²) in [4.78, 5) is 10.5. The quantitative estimate of drug-likeness (QED) is 0.797. The van der Waals surface area contributed by atoms with E-state index in [2.05, 4.69) is 6.92 Å². The van der Waals surface area contributed by atoms with Crippen LogP contribution in [0.3, 0.4) is 0 Å². The second-order valence-corrected chi connectivity index (χ2v) is 3.98. The molecule has 1 aromatic carbocycles. The van der Waals surface area contributed by atoms with Crippen molar-refractivity contribution in [3.8, 4) is 0 Å². The Balaban J connectivity index is 3.00. The fraction of sp³-hybridized carbons (Fsp3) is 0.417. The lowest BCUT2D eigenvalue weighted by Gasteiger charge is -2.13. The number of benzene rings is 1. The van der Waals surface area contributed by atoms with Crippen LogP contribution in [0.15, 0.2) is 12.1 Å². The van der Waals surface area contributed by atoms with Crippen molar-refractivity contribution in [3.05, 3.63) is 34.4 Å². The number of carboxylic acid groups (broad SMARTS) is 1. The van der Waals surface area contributed by atoms with Gasteiger partial charge in [0.2, 0.25) is 0 Å². The molecule has 3 nitrogen and oxygen atoms in total. The van der Waals surface area contributed by atoms with Crippen molar-refractivity contribution in [2.24, 2.45) is 5.73 Å². The van der Waals surface area contributed by atoms with Crippen LogP contribution in [0.2, 0.25) is 0 Å². The molecule has 0 aliphatic carbocycles. The van der Waals surface area contributed by atoms with Crippen molar-refractivity contribution in [1.29, 1.82) is 0 Å². The molecule has 3 N–H and O–H groups in total. The molecule has 1 rings (SSSR count). The molecule has 15 heavy (non-hydrogen) atoms. The first kappa shape index (κ1) is 11.7. The summed E-state index contributed by atoms with van der Waals surface area (Å²) in [6, 6.07) is 3.52. The molecule has 0 amide bonds. The summed E-state index contributed by atoms with van der Waals surface area (Å²) in [7, 11) is 0. The number of carbonyl (C=O) groups is 1. The summed E-state index contributed by atoms with van der Waals surface area (Å²) < 4.78 is 0. The number of hydrogen-bond donors (Lipinski definition) is 2. The standard InChI is InChI=1S/C12H17NO2/c1-7-4-10(5-8(2)9(7)3)11(13)6-12(14)15/h4-5,11H,6,13H2,1-3H3,(H,14,15). The summed E-state index contributed by atoms with van der Waals surface area (Å²) in [5, 5.41) is 8.66. The van der Waals surface area contributed by atoms with E-state index in [4.69, 9.17) is 10.8 Å². The molecule has 82 valence electrons. The Morgan fingerprint density at radius 2 is 1.80 bits per heavy atom. The van der Waals surface area contributed by atoms with E-state index >= 15 is 0 Å². The van der Waals surface area contributed by atoms with Gasteiger partial charge in [0.1, 0.15) is 0 Å². The summed E-state index contributed by atoms with van der Waals surface area (Å²) >= 11 is 0. The first-order valence-electron chi connectivity index (χ1n) is 4.97. The third kappa shape index (κ3) is 2.80. The van der Waals surface area contributed by atoms with Crippen molar-refractivity contribution >= 4 is 5.97 Å². The zero-order chi connectivity index (χ0) is 11.6. The van der Waals surface area contributed by atoms with Gasteiger partial charge in [-0.2, -0.15) is 0 Å². The second-order valence-electron chi connectivity index (χ2n) is 3.98. The monoisotopic (exact) mass is 207 g/mol. The van der Waals surface area contributed by atoms with Crippen LogP contribution in [0.1, 0.15) is 34.7 Å². The highest BCUT2D eigenvalue weighted by molar-refractivity contribution is 5.68. The van der Waals surface area contributed by atoms with Crippen LogP contribution < -0.4 is 5.73 Å². The first-order valence-corrected chi connectivity index (χ1v) is 4.97. The Morgan fingerprint density at radius 3 is 2.20 bits per heavy atom. The molecular formula is C12H17NO2. The van der Waals surface area contributed by atoms with Crippen molar-refractivity contribution < 1.29 is 9.90 Å². The minimum absolute atomic E-state index is 0.0259. The van der Waals surface area contributed by atoms with Gasteiger partial charge in [0.25, 0.3) is 0 Å². The molecule has 1 atom stereocenters. The average Bonchev–Trinajstić information content (AvgIpc) is 2.12. The lowest BCUT2D eigenvalue weighted by Crippen LogP contribution is -2.15. The number of hydrogen-bond acceptors (Lipinski definition) is 2. The van der Waals surface area contributed by atoms with Gasteiger partial charge in [-0.1, -0.05) is 12.1 Å². The average molecular weight is 207 g/mol. The fourth-order valence-corrected chi connectivity index (χ4v) is 1.59. The summed E-state index contributed by atoms with van der Waals surface area (Å²) in [6.07, 6.45) is -0.0259. The topological polar surface area (TPSA) is 63.3 Å². The number of rotatable bonds is 3. The van der Waals surface area contributed by atoms with E-state index in [1.54, 1.807) is 0 Å². The number of nitrogens with two attached hydrogens (primary N) is 1. The van der Waals surface area contributed by atoms with E-state index in [1.807, 2.05) is 26.0 Å². The Morgan fingerprint density at radius 1 is 1.33 bits per heavy atom. The van der Waals surface area contributed by atoms with E-state index in [0.717, 1.165) is 16.7 Å². The lowest BCUT2D eigenvalue weighted by atomic mass is 9.96. The third-order valence-corrected chi connectivity index (χ3v) is 2.77. The maximum atomic E-state index is 10.5. The van der Waals surface area contributed by atoms with Gasteiger partial charge in [-0.3, -0.25) is 4.79 Å². The molecule has 3 heteroatoms. The van der Waals surface area contributed by atoms with Gasteiger partial charge < -0.3 is 10.8 Å². The molecule has 0 spiro atoms. The zero-order valence-corrected chi connectivity index (χ0v) is 9.37. The number of aryl methyl sites for hydroxylation is 2. The van der Waals surface area contributed by atoms with Crippen LogP contribution in [0, 0.1) is 20.8 Å². The molecule has 0 fully saturated rings. The van der Waals surface area contributed by atoms with E-state index in [-0.39, 0.29) is 6.42 Å². The molecule has 1 aromatic rings. The molecule has 0 saturated carbocycles. The first-order chi connectivity index (χ1) is 6.91. The van der Waals surface area contributed by atoms with Crippen molar-refractivity contribution in [1.82, 2.24) is 0 Å². The summed E-state index contributed by atoms with van der Waals surface area (Å²) in [6.45, 7) is 6.08. The van der Waals surface area contributed by atoms with E-state index in [0.29, 0.717) is 0 Å². The van der Waals surface area contributed by atoms with E-state index < -0.39 is 12.0 Å². The normalized spacial score (nSPS) is 12.5. The zero-order valence-electron chi connectivity index (χ0n) is 9.37. The molecule has 0 aliphatic heterocycles. The highest BCUT2D eigenvalue weighted by atomic mass is 16.4. The van der Waals surface area contributed by atoms with Gasteiger partial charge in [0.05, 0.1) is 6.42 Å². The molecule has 0 aromatic heterocycles. The maximum absolute atomic E-state index is 10.5. The Kier molecular flexibility index (Phi) is 3.48. The van der Waals surface area contributed by atoms with Gasteiger partial charge in [-0.15, -0.1) is 0 Å². The van der Waals surface area contributed by atoms with Gasteiger partial charge in [-0.05, 0) is 43.0 Å². The van der Waals surface area contributed by atoms with Crippen LogP contribution in [-0.2, 0) is 4.79 Å². The minimum Gasteiger partial charge on any atom is -0.481 e. The molecule has 0 saturated heterocycles. The Labute approximate surface area is 89.9 Å². The van der Waals surface area contributed by atoms with E-state index in [9.17, 15) is 4.79 Å². The third-order valence-electron chi connectivity index (χ3n) is 2.77. The SMILES string of the molecule is Cc1cc(C(N)CC(=O)O)cc(C)c1C. The molecular weight excluding hydrogens is 190 g/mol. The van der Waals surface area contributed by atoms with Crippen LogP contribution in [0.5, 0.6) is 0 Å². The molecule has 0 heterocycles. The highest BCUT2D eigenvalue weighted by Gasteiger charge is 2.12. The van der Waals surface area contributed by atoms with Crippen molar-refractivity contribution in [2.45, 2.75) is 33.2 Å². The maximum Gasteiger partial charge on any atom is 0.305 e. The summed E-state index contributed by atoms with van der Waals surface area (Å²) in [5.74, 6) is -0.863. The van der Waals surface area contributed by atoms with Crippen molar-refractivity contribution in [3.63, 3.8) is 0 Å². The van der Waals surface area contributed by atoms with Crippen LogP contribution in [0.25, 0.3) is 0 Å². The fourth-order valence-electron chi connectivity index (χ4n) is 1.59. The number of carboxylic acids is 1. The number of aliphatic carboxylic acids is 1. The van der Waals surface area contributed by atoms with Crippen LogP contribution in [-0.4, -0.2) is 11.1 Å². The smallest absolute Gasteiger partial charge is 0.305 e. The van der Waals surface area contributed by atoms with Gasteiger partial charge in [0.15, 0.2) is 0 Å². The molecule has 0 bridgehead atoms. The predicted octanol–water partition coefficient (Wildman–Crippen LogP) is 2.09. The van der Waals surface area contributed by atoms with Gasteiger partial charge in [0, 0.05) is 6.04 Å². The molecule has 0 radical (unpaired) electrons. The molecule has 0 aliphatic rings. The molecule has 1 unspecified atom stereocenters. The minimum atomic E-state index is -0.863. The highest BCUT2D eigenvalue weighted by Crippen LogP contribution is 2.21. The Bertz CT molecular complexity index is 362. The predicted molar refractivity (Wildman–Crippen MR) is 59.8 cm³/mol. The summed E-state index contributed by atoms with van der Waals surface area (Å²) in [5.41, 5.74) is 10.3.